The summed E-state index contributed by atoms with van der Waals surface area (Å²) in [5, 5.41) is 9.60. The van der Waals surface area contributed by atoms with Gasteiger partial charge in [0.2, 0.25) is 0 Å². The van der Waals surface area contributed by atoms with Gasteiger partial charge in [0, 0.05) is 5.56 Å². The van der Waals surface area contributed by atoms with Gasteiger partial charge in [-0.05, 0) is 11.5 Å². The fourth-order valence-electron chi connectivity index (χ4n) is 1.50. The summed E-state index contributed by atoms with van der Waals surface area (Å²) in [6, 6.07) is 10.2. The van der Waals surface area contributed by atoms with E-state index in [0.29, 0.717) is 15.9 Å². The fraction of sp³-hybridized carbons (Fsp3) is 0.231. The van der Waals surface area contributed by atoms with Crippen molar-refractivity contribution in [2.75, 3.05) is 0 Å². The van der Waals surface area contributed by atoms with Crippen molar-refractivity contribution in [3.63, 3.8) is 0 Å². The first kappa shape index (κ1) is 12.1. The summed E-state index contributed by atoms with van der Waals surface area (Å²) in [6.07, 6.45) is 0. The summed E-state index contributed by atoms with van der Waals surface area (Å²) >= 11 is 7.25. The second kappa shape index (κ2) is 4.87. The van der Waals surface area contributed by atoms with Crippen molar-refractivity contribution in [1.29, 1.82) is 5.26 Å². The number of nitrogens with zero attached hydrogens (tertiary/aromatic N) is 2. The molecule has 0 amide bonds. The lowest BCUT2D eigenvalue weighted by atomic mass is 10.0. The van der Waals surface area contributed by atoms with E-state index in [1.807, 2.05) is 18.2 Å². The Morgan fingerprint density at radius 1 is 1.29 bits per heavy atom. The summed E-state index contributed by atoms with van der Waals surface area (Å²) in [7, 11) is 0. The zero-order chi connectivity index (χ0) is 12.4. The highest BCUT2D eigenvalue weighted by atomic mass is 35.5. The minimum atomic E-state index is 0.305. The van der Waals surface area contributed by atoms with Crippen molar-refractivity contribution < 1.29 is 0 Å². The van der Waals surface area contributed by atoms with E-state index in [1.165, 1.54) is 16.9 Å². The second-order valence-corrected chi connectivity index (χ2v) is 5.63. The van der Waals surface area contributed by atoms with Crippen molar-refractivity contribution in [2.24, 2.45) is 0 Å². The molecule has 17 heavy (non-hydrogen) atoms. The van der Waals surface area contributed by atoms with Crippen LogP contribution in [0.2, 0.25) is 4.34 Å². The van der Waals surface area contributed by atoms with Gasteiger partial charge in [0.1, 0.15) is 15.4 Å². The van der Waals surface area contributed by atoms with Gasteiger partial charge in [-0.15, -0.1) is 11.3 Å². The van der Waals surface area contributed by atoms with Gasteiger partial charge in [0.05, 0.1) is 0 Å². The molecule has 86 valence electrons. The first-order chi connectivity index (χ1) is 8.11. The molecule has 0 aliphatic rings. The highest BCUT2D eigenvalue weighted by Crippen LogP contribution is 2.31. The minimum Gasteiger partial charge on any atom is -0.224 e. The molecule has 1 aromatic heterocycles. The molecule has 2 rings (SSSR count). The van der Waals surface area contributed by atoms with Crippen LogP contribution in [0.5, 0.6) is 0 Å². The SMILES string of the molecule is CC(C)c1ccc(-c2nc(C#N)c(Cl)s2)cc1. The predicted octanol–water partition coefficient (Wildman–Crippen LogP) is 4.46. The van der Waals surface area contributed by atoms with Gasteiger partial charge in [0.25, 0.3) is 0 Å². The first-order valence-electron chi connectivity index (χ1n) is 5.28. The smallest absolute Gasteiger partial charge is 0.170 e. The number of halogens is 1. The Morgan fingerprint density at radius 3 is 2.41 bits per heavy atom. The standard InChI is InChI=1S/C13H11ClN2S/c1-8(2)9-3-5-10(6-4-9)13-16-11(7-15)12(14)17-13/h3-6,8H,1-2H3. The summed E-state index contributed by atoms with van der Waals surface area (Å²) in [4.78, 5) is 4.20. The second-order valence-electron chi connectivity index (χ2n) is 4.03. The fourth-order valence-corrected chi connectivity index (χ4v) is 2.56. The summed E-state index contributed by atoms with van der Waals surface area (Å²) in [5.41, 5.74) is 2.60. The normalized spacial score (nSPS) is 10.5. The maximum Gasteiger partial charge on any atom is 0.170 e. The van der Waals surface area contributed by atoms with Crippen LogP contribution in [0.4, 0.5) is 0 Å². The van der Waals surface area contributed by atoms with Crippen molar-refractivity contribution >= 4 is 22.9 Å². The van der Waals surface area contributed by atoms with E-state index in [1.54, 1.807) is 0 Å². The topological polar surface area (TPSA) is 36.7 Å². The van der Waals surface area contributed by atoms with Gasteiger partial charge in [-0.2, -0.15) is 5.26 Å². The van der Waals surface area contributed by atoms with Gasteiger partial charge >= 0.3 is 0 Å². The Kier molecular flexibility index (Phi) is 3.46. The summed E-state index contributed by atoms with van der Waals surface area (Å²) in [6.45, 7) is 4.31. The molecule has 0 saturated heterocycles. The van der Waals surface area contributed by atoms with E-state index >= 15 is 0 Å². The molecule has 1 aromatic carbocycles. The van der Waals surface area contributed by atoms with E-state index in [-0.39, 0.29) is 0 Å². The van der Waals surface area contributed by atoms with Crippen LogP contribution >= 0.6 is 22.9 Å². The van der Waals surface area contributed by atoms with Gasteiger partial charge in [-0.3, -0.25) is 0 Å². The Labute approximate surface area is 110 Å². The predicted molar refractivity (Wildman–Crippen MR) is 71.4 cm³/mol. The molecule has 0 aliphatic heterocycles. The number of hydrogen-bond acceptors (Lipinski definition) is 3. The molecule has 1 heterocycles. The lowest BCUT2D eigenvalue weighted by Crippen LogP contribution is -1.86. The molecule has 0 N–H and O–H groups in total. The molecule has 0 bridgehead atoms. The molecular formula is C13H11ClN2S. The van der Waals surface area contributed by atoms with Crippen LogP contribution in [0.15, 0.2) is 24.3 Å². The van der Waals surface area contributed by atoms with Crippen LogP contribution in [0.25, 0.3) is 10.6 Å². The van der Waals surface area contributed by atoms with Gasteiger partial charge in [0.15, 0.2) is 5.69 Å². The highest BCUT2D eigenvalue weighted by molar-refractivity contribution is 7.19. The number of hydrogen-bond donors (Lipinski definition) is 0. The molecule has 2 nitrogen and oxygen atoms in total. The molecule has 0 spiro atoms. The lowest BCUT2D eigenvalue weighted by Gasteiger charge is -2.05. The van der Waals surface area contributed by atoms with Crippen molar-refractivity contribution in [2.45, 2.75) is 19.8 Å². The Bertz CT molecular complexity index is 564. The molecule has 0 radical (unpaired) electrons. The number of nitriles is 1. The molecule has 0 saturated carbocycles. The molecule has 0 atom stereocenters. The van der Waals surface area contributed by atoms with E-state index < -0.39 is 0 Å². The largest absolute Gasteiger partial charge is 0.224 e. The first-order valence-corrected chi connectivity index (χ1v) is 6.48. The Hall–Kier alpha value is -1.37. The minimum absolute atomic E-state index is 0.305. The Balaban J connectivity index is 2.37. The summed E-state index contributed by atoms with van der Waals surface area (Å²) in [5.74, 6) is 0.513. The average Bonchev–Trinajstić information content (AvgIpc) is 2.70. The zero-order valence-corrected chi connectivity index (χ0v) is 11.1. The van der Waals surface area contributed by atoms with Crippen LogP contribution in [0.3, 0.4) is 0 Å². The van der Waals surface area contributed by atoms with Crippen LogP contribution in [-0.2, 0) is 0 Å². The van der Waals surface area contributed by atoms with Crippen molar-refractivity contribution in [3.05, 3.63) is 39.9 Å². The zero-order valence-electron chi connectivity index (χ0n) is 9.57. The van der Waals surface area contributed by atoms with E-state index in [0.717, 1.165) is 10.6 Å². The van der Waals surface area contributed by atoms with Crippen LogP contribution in [-0.4, -0.2) is 4.98 Å². The van der Waals surface area contributed by atoms with Gasteiger partial charge in [-0.1, -0.05) is 49.7 Å². The number of aromatic nitrogens is 1. The number of thiazole rings is 1. The van der Waals surface area contributed by atoms with Crippen molar-refractivity contribution in [1.82, 2.24) is 4.98 Å². The monoisotopic (exact) mass is 262 g/mol. The number of benzene rings is 1. The molecule has 0 fully saturated rings. The van der Waals surface area contributed by atoms with Gasteiger partial charge < -0.3 is 0 Å². The number of rotatable bonds is 2. The molecule has 0 unspecified atom stereocenters. The van der Waals surface area contributed by atoms with E-state index in [9.17, 15) is 0 Å². The highest BCUT2D eigenvalue weighted by Gasteiger charge is 2.10. The maximum atomic E-state index is 8.81. The summed E-state index contributed by atoms with van der Waals surface area (Å²) < 4.78 is 0.454. The van der Waals surface area contributed by atoms with E-state index in [2.05, 4.69) is 31.0 Å². The van der Waals surface area contributed by atoms with Crippen LogP contribution in [0, 0.1) is 11.3 Å². The average molecular weight is 263 g/mol. The third-order valence-electron chi connectivity index (χ3n) is 2.52. The quantitative estimate of drug-likeness (QED) is 0.801. The third-order valence-corrected chi connectivity index (χ3v) is 3.82. The molecule has 0 aliphatic carbocycles. The van der Waals surface area contributed by atoms with Crippen LogP contribution in [0.1, 0.15) is 31.0 Å². The van der Waals surface area contributed by atoms with Crippen molar-refractivity contribution in [3.8, 4) is 16.6 Å². The van der Waals surface area contributed by atoms with E-state index in [4.69, 9.17) is 16.9 Å². The Morgan fingerprint density at radius 2 is 1.94 bits per heavy atom. The van der Waals surface area contributed by atoms with Crippen LogP contribution < -0.4 is 0 Å². The molecule has 2 aromatic rings. The van der Waals surface area contributed by atoms with Gasteiger partial charge in [-0.25, -0.2) is 4.98 Å². The maximum absolute atomic E-state index is 8.81. The molecular weight excluding hydrogens is 252 g/mol. The molecule has 4 heteroatoms. The lowest BCUT2D eigenvalue weighted by molar-refractivity contribution is 0.867. The third kappa shape index (κ3) is 2.49.